The van der Waals surface area contributed by atoms with E-state index in [1.165, 1.54) is 20.3 Å². The van der Waals surface area contributed by atoms with E-state index in [1.54, 1.807) is 30.3 Å². The van der Waals surface area contributed by atoms with Crippen LogP contribution in [0.15, 0.2) is 36.4 Å². The highest BCUT2D eigenvalue weighted by atomic mass is 35.5. The van der Waals surface area contributed by atoms with Crippen LogP contribution in [0.1, 0.15) is 30.1 Å². The summed E-state index contributed by atoms with van der Waals surface area (Å²) in [6, 6.07) is 9.53. The Hall–Kier alpha value is -2.93. The molecule has 156 valence electrons. The Labute approximate surface area is 174 Å². The fourth-order valence-electron chi connectivity index (χ4n) is 2.40. The van der Waals surface area contributed by atoms with Crippen LogP contribution in [0.25, 0.3) is 0 Å². The maximum atomic E-state index is 12.2. The summed E-state index contributed by atoms with van der Waals surface area (Å²) >= 11 is 6.02. The van der Waals surface area contributed by atoms with Gasteiger partial charge in [-0.2, -0.15) is 0 Å². The fraction of sp³-hybridized carbons (Fsp3) is 0.333. The van der Waals surface area contributed by atoms with Crippen molar-refractivity contribution in [1.29, 1.82) is 0 Å². The number of carbonyl (C=O) groups excluding carboxylic acids is 2. The molecule has 29 heavy (non-hydrogen) atoms. The molecule has 2 aromatic rings. The highest BCUT2D eigenvalue weighted by Crippen LogP contribution is 2.29. The number of hydrogen-bond acceptors (Lipinski definition) is 6. The monoisotopic (exact) mass is 421 g/mol. The lowest BCUT2D eigenvalue weighted by Crippen LogP contribution is -2.21. The Morgan fingerprint density at radius 1 is 1.00 bits per heavy atom. The number of unbranched alkanes of at least 4 members (excludes halogenated alkanes) is 1. The van der Waals surface area contributed by atoms with Gasteiger partial charge in [-0.1, -0.05) is 24.9 Å². The predicted octanol–water partition coefficient (Wildman–Crippen LogP) is 4.33. The zero-order valence-corrected chi connectivity index (χ0v) is 17.4. The van der Waals surface area contributed by atoms with Gasteiger partial charge in [0.25, 0.3) is 5.91 Å². The summed E-state index contributed by atoms with van der Waals surface area (Å²) in [5.74, 6) is 0.323. The van der Waals surface area contributed by atoms with Gasteiger partial charge in [-0.25, -0.2) is 4.79 Å². The van der Waals surface area contributed by atoms with Crippen molar-refractivity contribution >= 4 is 29.2 Å². The number of benzene rings is 2. The summed E-state index contributed by atoms with van der Waals surface area (Å²) in [6.07, 6.45) is 1.93. The first-order valence-electron chi connectivity index (χ1n) is 9.09. The smallest absolute Gasteiger partial charge is 0.338 e. The number of esters is 1. The standard InChI is InChI=1S/C21H24ClNO6/c1-4-5-10-28-18-8-6-14(11-19(18)27-3)21(25)29-13-20(24)23-15-7-9-17(26-2)16(22)12-15/h6-9,11-12H,4-5,10,13H2,1-3H3,(H,23,24). The van der Waals surface area contributed by atoms with E-state index < -0.39 is 18.5 Å². The quantitative estimate of drug-likeness (QED) is 0.454. The fourth-order valence-corrected chi connectivity index (χ4v) is 2.65. The Balaban J connectivity index is 1.92. The number of anilines is 1. The topological polar surface area (TPSA) is 83.1 Å². The normalized spacial score (nSPS) is 10.2. The molecule has 0 aliphatic rings. The van der Waals surface area contributed by atoms with Crippen molar-refractivity contribution in [1.82, 2.24) is 0 Å². The van der Waals surface area contributed by atoms with E-state index in [4.69, 9.17) is 30.5 Å². The average Bonchev–Trinajstić information content (AvgIpc) is 2.72. The van der Waals surface area contributed by atoms with Gasteiger partial charge < -0.3 is 24.3 Å². The van der Waals surface area contributed by atoms with Crippen LogP contribution < -0.4 is 19.5 Å². The average molecular weight is 422 g/mol. The Kier molecular flexibility index (Phi) is 8.61. The number of amides is 1. The molecule has 7 nitrogen and oxygen atoms in total. The molecule has 0 radical (unpaired) electrons. The van der Waals surface area contributed by atoms with Crippen LogP contribution in [-0.2, 0) is 9.53 Å². The molecule has 0 spiro atoms. The summed E-state index contributed by atoms with van der Waals surface area (Å²) < 4.78 is 21.0. The molecular weight excluding hydrogens is 398 g/mol. The highest BCUT2D eigenvalue weighted by molar-refractivity contribution is 6.32. The van der Waals surface area contributed by atoms with E-state index >= 15 is 0 Å². The van der Waals surface area contributed by atoms with Crippen LogP contribution in [-0.4, -0.2) is 39.3 Å². The number of hydrogen-bond donors (Lipinski definition) is 1. The molecule has 1 N–H and O–H groups in total. The van der Waals surface area contributed by atoms with Crippen molar-refractivity contribution in [3.63, 3.8) is 0 Å². The second-order valence-electron chi connectivity index (χ2n) is 6.04. The summed E-state index contributed by atoms with van der Waals surface area (Å²) in [6.45, 7) is 2.19. The van der Waals surface area contributed by atoms with Gasteiger partial charge in [0.15, 0.2) is 18.1 Å². The van der Waals surface area contributed by atoms with E-state index in [-0.39, 0.29) is 5.56 Å². The number of halogens is 1. The van der Waals surface area contributed by atoms with Crippen LogP contribution >= 0.6 is 11.6 Å². The third-order valence-electron chi connectivity index (χ3n) is 3.92. The van der Waals surface area contributed by atoms with Crippen LogP contribution in [0.5, 0.6) is 17.2 Å². The van der Waals surface area contributed by atoms with Gasteiger partial charge in [0.2, 0.25) is 0 Å². The highest BCUT2D eigenvalue weighted by Gasteiger charge is 2.14. The summed E-state index contributed by atoms with van der Waals surface area (Å²) in [4.78, 5) is 24.3. The van der Waals surface area contributed by atoms with E-state index in [0.29, 0.717) is 34.6 Å². The van der Waals surface area contributed by atoms with Crippen LogP contribution in [0.3, 0.4) is 0 Å². The summed E-state index contributed by atoms with van der Waals surface area (Å²) in [7, 11) is 2.99. The van der Waals surface area contributed by atoms with Crippen LogP contribution in [0.4, 0.5) is 5.69 Å². The zero-order valence-electron chi connectivity index (χ0n) is 16.6. The van der Waals surface area contributed by atoms with E-state index in [1.807, 2.05) is 0 Å². The molecule has 2 rings (SSSR count). The van der Waals surface area contributed by atoms with Gasteiger partial charge in [-0.05, 0) is 42.8 Å². The van der Waals surface area contributed by atoms with Crippen molar-refractivity contribution < 1.29 is 28.5 Å². The maximum absolute atomic E-state index is 12.2. The van der Waals surface area contributed by atoms with Gasteiger partial charge in [0.1, 0.15) is 5.75 Å². The molecule has 0 atom stereocenters. The third kappa shape index (κ3) is 6.57. The molecule has 2 aromatic carbocycles. The number of carbonyl (C=O) groups is 2. The van der Waals surface area contributed by atoms with Gasteiger partial charge in [0, 0.05) is 5.69 Å². The lowest BCUT2D eigenvalue weighted by atomic mass is 10.2. The first kappa shape index (κ1) is 22.4. The molecule has 0 bridgehead atoms. The first-order valence-corrected chi connectivity index (χ1v) is 9.47. The lowest BCUT2D eigenvalue weighted by Gasteiger charge is -2.12. The van der Waals surface area contributed by atoms with Gasteiger partial charge in [-0.3, -0.25) is 4.79 Å². The molecule has 1 amide bonds. The van der Waals surface area contributed by atoms with Gasteiger partial charge >= 0.3 is 5.97 Å². The molecule has 0 aliphatic carbocycles. The number of ether oxygens (including phenoxy) is 4. The van der Waals surface area contributed by atoms with Crippen molar-refractivity contribution in [3.05, 3.63) is 47.0 Å². The van der Waals surface area contributed by atoms with Gasteiger partial charge in [0.05, 0.1) is 31.4 Å². The molecule has 8 heteroatoms. The molecule has 0 heterocycles. The van der Waals surface area contributed by atoms with E-state index in [0.717, 1.165) is 12.8 Å². The number of rotatable bonds is 10. The lowest BCUT2D eigenvalue weighted by molar-refractivity contribution is -0.119. The Bertz CT molecular complexity index is 855. The van der Waals surface area contributed by atoms with Crippen molar-refractivity contribution in [2.75, 3.05) is 32.8 Å². The second kappa shape index (κ2) is 11.2. The summed E-state index contributed by atoms with van der Waals surface area (Å²) in [5, 5.41) is 2.96. The minimum atomic E-state index is -0.647. The molecule has 0 saturated carbocycles. The van der Waals surface area contributed by atoms with E-state index in [2.05, 4.69) is 12.2 Å². The molecule has 0 aromatic heterocycles. The van der Waals surface area contributed by atoms with Crippen molar-refractivity contribution in [2.45, 2.75) is 19.8 Å². The second-order valence-corrected chi connectivity index (χ2v) is 6.45. The first-order chi connectivity index (χ1) is 14.0. The predicted molar refractivity (Wildman–Crippen MR) is 110 cm³/mol. The van der Waals surface area contributed by atoms with Crippen LogP contribution in [0, 0.1) is 0 Å². The van der Waals surface area contributed by atoms with Crippen molar-refractivity contribution in [2.24, 2.45) is 0 Å². The third-order valence-corrected chi connectivity index (χ3v) is 4.22. The van der Waals surface area contributed by atoms with Gasteiger partial charge in [-0.15, -0.1) is 0 Å². The minimum absolute atomic E-state index is 0.255. The minimum Gasteiger partial charge on any atom is -0.495 e. The maximum Gasteiger partial charge on any atom is 0.338 e. The van der Waals surface area contributed by atoms with E-state index in [9.17, 15) is 9.59 Å². The Morgan fingerprint density at radius 2 is 1.72 bits per heavy atom. The number of methoxy groups -OCH3 is 2. The molecule has 0 unspecified atom stereocenters. The molecular formula is C21H24ClNO6. The van der Waals surface area contributed by atoms with Crippen LogP contribution in [0.2, 0.25) is 5.02 Å². The SMILES string of the molecule is CCCCOc1ccc(C(=O)OCC(=O)Nc2ccc(OC)c(Cl)c2)cc1OC. The molecule has 0 aliphatic heterocycles. The molecule has 0 saturated heterocycles. The number of nitrogens with one attached hydrogen (secondary N) is 1. The largest absolute Gasteiger partial charge is 0.495 e. The van der Waals surface area contributed by atoms with Crippen molar-refractivity contribution in [3.8, 4) is 17.2 Å². The zero-order chi connectivity index (χ0) is 21.2. The summed E-state index contributed by atoms with van der Waals surface area (Å²) in [5.41, 5.74) is 0.720. The Morgan fingerprint density at radius 3 is 2.38 bits per heavy atom. The molecule has 0 fully saturated rings.